The van der Waals surface area contributed by atoms with Gasteiger partial charge in [-0.3, -0.25) is 0 Å². The van der Waals surface area contributed by atoms with E-state index in [-0.39, 0.29) is 43.4 Å². The predicted molar refractivity (Wildman–Crippen MR) is 65.2 cm³/mol. The van der Waals surface area contributed by atoms with Gasteiger partial charge in [0.15, 0.2) is 0 Å². The topological polar surface area (TPSA) is 42.4 Å². The molecule has 1 heterocycles. The Morgan fingerprint density at radius 2 is 2.17 bits per heavy atom. The molecule has 1 aromatic rings. The maximum absolute atomic E-state index is 11.6. The number of aromatic nitrogens is 1. The third kappa shape index (κ3) is 6.76. The summed E-state index contributed by atoms with van der Waals surface area (Å²) in [5.41, 5.74) is 0.185. The third-order valence-electron chi connectivity index (χ3n) is 1.74. The molecule has 0 unspecified atom stereocenters. The van der Waals surface area contributed by atoms with Crippen LogP contribution in [0.25, 0.3) is 0 Å². The Hall–Kier alpha value is -0.0562. The normalized spacial score (nSPS) is 10.5. The zero-order valence-corrected chi connectivity index (χ0v) is 13.0. The number of rotatable bonds is 2. The zero-order chi connectivity index (χ0) is 13.1. The van der Waals surface area contributed by atoms with Crippen LogP contribution in [0.5, 0.6) is 0 Å². The van der Waals surface area contributed by atoms with Crippen LogP contribution in [0.15, 0.2) is 12.1 Å². The molecular formula is C12H15ClN2O2Tm-2. The molecule has 0 bridgehead atoms. The van der Waals surface area contributed by atoms with Gasteiger partial charge in [0.2, 0.25) is 0 Å². The van der Waals surface area contributed by atoms with E-state index in [1.54, 1.807) is 32.9 Å². The van der Waals surface area contributed by atoms with E-state index in [9.17, 15) is 4.79 Å². The van der Waals surface area contributed by atoms with Crippen LogP contribution in [-0.4, -0.2) is 21.6 Å². The third-order valence-corrected chi connectivity index (χ3v) is 1.95. The summed E-state index contributed by atoms with van der Waals surface area (Å²) < 4.78 is 5.16. The van der Waals surface area contributed by atoms with Crippen molar-refractivity contribution in [1.82, 2.24) is 9.88 Å². The van der Waals surface area contributed by atoms with E-state index in [1.165, 1.54) is 4.90 Å². The largest absolute Gasteiger partial charge is 0.458 e. The fourth-order valence-electron chi connectivity index (χ4n) is 1.05. The molecule has 4 nitrogen and oxygen atoms in total. The van der Waals surface area contributed by atoms with Crippen molar-refractivity contribution in [1.29, 1.82) is 0 Å². The Bertz CT molecular complexity index is 390. The molecule has 1 amide bonds. The summed E-state index contributed by atoms with van der Waals surface area (Å²) in [7, 11) is 3.62. The van der Waals surface area contributed by atoms with Gasteiger partial charge in [0.1, 0.15) is 5.60 Å². The first-order valence-electron chi connectivity index (χ1n) is 5.12. The summed E-state index contributed by atoms with van der Waals surface area (Å²) in [5, 5.41) is 0.363. The van der Waals surface area contributed by atoms with Crippen LogP contribution in [-0.2, 0) is 11.3 Å². The molecular weight excluding hydrogens is 409 g/mol. The first kappa shape index (κ1) is 17.9. The first-order valence-corrected chi connectivity index (χ1v) is 5.50. The predicted octanol–water partition coefficient (Wildman–Crippen LogP) is 3.06. The van der Waals surface area contributed by atoms with Crippen LogP contribution in [0.2, 0.25) is 5.15 Å². The quantitative estimate of drug-likeness (QED) is 0.542. The number of halogens is 1. The molecule has 0 aliphatic heterocycles. The van der Waals surface area contributed by atoms with E-state index in [2.05, 4.69) is 18.2 Å². The van der Waals surface area contributed by atoms with Crippen molar-refractivity contribution in [2.45, 2.75) is 32.9 Å². The molecule has 0 aromatic carbocycles. The number of hydrogen-bond acceptors (Lipinski definition) is 3. The Morgan fingerprint density at radius 1 is 1.56 bits per heavy atom. The SMILES string of the molecule is [CH2-]N(Cc1[c-]nc(Cl)cc1)C(=O)OC(C)(C)C.[Tm]. The average Bonchev–Trinajstić information content (AvgIpc) is 2.19. The van der Waals surface area contributed by atoms with Crippen molar-refractivity contribution in [3.8, 4) is 0 Å². The standard InChI is InChI=1S/C12H15ClN2O2.Tm/c1-12(2,3)17-11(16)15(4)8-9-5-6-10(13)14-7-9;/h5-6H,4,8H2,1-3H3;/q-2;. The molecule has 1 aromatic heterocycles. The van der Waals surface area contributed by atoms with Gasteiger partial charge in [-0.2, -0.15) is 6.07 Å². The maximum Gasteiger partial charge on any atom is 0.380 e. The molecule has 0 aliphatic carbocycles. The number of hydrogen-bond donors (Lipinski definition) is 0. The van der Waals surface area contributed by atoms with Gasteiger partial charge >= 0.3 is 6.09 Å². The van der Waals surface area contributed by atoms with Crippen molar-refractivity contribution < 1.29 is 46.4 Å². The van der Waals surface area contributed by atoms with Crippen LogP contribution in [0.1, 0.15) is 26.3 Å². The average molecular weight is 424 g/mol. The molecule has 0 fully saturated rings. The molecule has 18 heavy (non-hydrogen) atoms. The zero-order valence-electron chi connectivity index (χ0n) is 10.4. The van der Waals surface area contributed by atoms with E-state index in [4.69, 9.17) is 16.3 Å². The van der Waals surface area contributed by atoms with Gasteiger partial charge in [-0.25, -0.2) is 11.8 Å². The van der Waals surface area contributed by atoms with Gasteiger partial charge in [0, 0.05) is 42.0 Å². The number of nitrogens with zero attached hydrogens (tertiary/aromatic N) is 2. The van der Waals surface area contributed by atoms with Crippen LogP contribution in [0.4, 0.5) is 4.79 Å². The minimum Gasteiger partial charge on any atom is -0.458 e. The second-order valence-electron chi connectivity index (χ2n) is 4.58. The van der Waals surface area contributed by atoms with E-state index < -0.39 is 11.7 Å². The van der Waals surface area contributed by atoms with Crippen LogP contribution in [0.3, 0.4) is 0 Å². The summed E-state index contributed by atoms with van der Waals surface area (Å²) in [6.45, 7) is 5.68. The summed E-state index contributed by atoms with van der Waals surface area (Å²) in [4.78, 5) is 16.6. The summed E-state index contributed by atoms with van der Waals surface area (Å²) in [6, 6.07) is 3.37. The number of carbonyl (C=O) groups is 1. The van der Waals surface area contributed by atoms with Crippen LogP contribution < -0.4 is 0 Å². The Kier molecular flexibility index (Phi) is 7.49. The molecule has 0 aliphatic rings. The molecule has 6 heteroatoms. The minimum atomic E-state index is -0.533. The van der Waals surface area contributed by atoms with Crippen molar-refractivity contribution in [2.75, 3.05) is 0 Å². The van der Waals surface area contributed by atoms with Crippen molar-refractivity contribution in [3.63, 3.8) is 0 Å². The maximum atomic E-state index is 11.6. The molecule has 0 atom stereocenters. The fourth-order valence-corrected chi connectivity index (χ4v) is 1.16. The van der Waals surface area contributed by atoms with Crippen molar-refractivity contribution >= 4 is 17.7 Å². The van der Waals surface area contributed by atoms with E-state index in [0.717, 1.165) is 5.56 Å². The summed E-state index contributed by atoms with van der Waals surface area (Å²) in [6.07, 6.45) is 2.23. The molecule has 0 N–H and O–H groups in total. The van der Waals surface area contributed by atoms with Gasteiger partial charge in [-0.1, -0.05) is 6.20 Å². The van der Waals surface area contributed by atoms with Gasteiger partial charge in [0.05, 0.1) is 0 Å². The molecule has 107 valence electrons. The first-order chi connectivity index (χ1) is 7.78. The molecule has 1 rings (SSSR count). The minimum absolute atomic E-state index is 0. The Balaban J connectivity index is 0.00000289. The van der Waals surface area contributed by atoms with Gasteiger partial charge in [-0.05, 0) is 27.3 Å². The molecule has 0 saturated heterocycles. The van der Waals surface area contributed by atoms with Crippen LogP contribution >= 0.6 is 11.6 Å². The van der Waals surface area contributed by atoms with Crippen LogP contribution in [0, 0.1) is 50.1 Å². The smallest absolute Gasteiger partial charge is 0.380 e. The van der Waals surface area contributed by atoms with Crippen molar-refractivity contribution in [3.05, 3.63) is 36.1 Å². The summed E-state index contributed by atoms with van der Waals surface area (Å²) in [5.74, 6) is 0. The summed E-state index contributed by atoms with van der Waals surface area (Å²) >= 11 is 5.63. The molecule has 0 spiro atoms. The van der Waals surface area contributed by atoms with Gasteiger partial charge in [-0.15, -0.1) is 23.2 Å². The monoisotopic (exact) mass is 423 g/mol. The van der Waals surface area contributed by atoms with E-state index in [0.29, 0.717) is 5.15 Å². The fraction of sp³-hybridized carbons (Fsp3) is 0.417. The van der Waals surface area contributed by atoms with Crippen molar-refractivity contribution in [2.24, 2.45) is 0 Å². The van der Waals surface area contributed by atoms with Gasteiger partial charge in [0.25, 0.3) is 0 Å². The number of carbonyl (C=O) groups excluding carboxylic acids is 1. The second kappa shape index (κ2) is 7.51. The second-order valence-corrected chi connectivity index (χ2v) is 4.97. The molecule has 1 radical (unpaired) electrons. The Morgan fingerprint density at radius 3 is 2.61 bits per heavy atom. The Labute approximate surface area is 142 Å². The number of pyridine rings is 1. The van der Waals surface area contributed by atoms with E-state index in [1.807, 2.05) is 0 Å². The number of ether oxygens (including phenoxy) is 1. The van der Waals surface area contributed by atoms with E-state index >= 15 is 0 Å². The van der Waals surface area contributed by atoms with Gasteiger partial charge < -0.3 is 14.6 Å². The number of amides is 1. The molecule has 0 saturated carbocycles.